The highest BCUT2D eigenvalue weighted by Crippen LogP contribution is 2.39. The second-order valence-corrected chi connectivity index (χ2v) is 5.22. The van der Waals surface area contributed by atoms with E-state index in [1.165, 1.54) is 6.07 Å². The molecule has 0 radical (unpaired) electrons. The summed E-state index contributed by atoms with van der Waals surface area (Å²) in [5.74, 6) is 5.34. The van der Waals surface area contributed by atoms with Crippen molar-refractivity contribution in [2.45, 2.75) is 37.3 Å². The summed E-state index contributed by atoms with van der Waals surface area (Å²) in [5.41, 5.74) is 3.05. The summed E-state index contributed by atoms with van der Waals surface area (Å²) < 4.78 is 19.3. The van der Waals surface area contributed by atoms with Crippen molar-refractivity contribution in [2.24, 2.45) is 5.84 Å². The first-order valence-corrected chi connectivity index (χ1v) is 6.44. The quantitative estimate of drug-likeness (QED) is 0.639. The Balaban J connectivity index is 2.17. The Bertz CT molecular complexity index is 418. The zero-order chi connectivity index (χ0) is 13.2. The fourth-order valence-corrected chi connectivity index (χ4v) is 2.73. The fraction of sp³-hybridized carbons (Fsp3) is 0.538. The summed E-state index contributed by atoms with van der Waals surface area (Å²) in [7, 11) is 1.68. The van der Waals surface area contributed by atoms with E-state index >= 15 is 0 Å². The molecule has 5 heteroatoms. The van der Waals surface area contributed by atoms with Gasteiger partial charge in [-0.05, 0) is 49.4 Å². The zero-order valence-corrected chi connectivity index (χ0v) is 11.1. The van der Waals surface area contributed by atoms with E-state index in [2.05, 4.69) is 5.43 Å². The van der Waals surface area contributed by atoms with Crippen LogP contribution in [0.15, 0.2) is 18.2 Å². The Morgan fingerprint density at radius 1 is 1.56 bits per heavy atom. The molecule has 0 aromatic heterocycles. The van der Waals surface area contributed by atoms with Crippen molar-refractivity contribution in [3.8, 4) is 0 Å². The lowest BCUT2D eigenvalue weighted by molar-refractivity contribution is -0.0983. The normalized spacial score (nSPS) is 19.3. The van der Waals surface area contributed by atoms with Gasteiger partial charge < -0.3 is 4.74 Å². The number of hydrogen-bond acceptors (Lipinski definition) is 3. The Kier molecular flexibility index (Phi) is 4.22. The number of halogens is 2. The molecule has 1 fully saturated rings. The maximum atomic E-state index is 13.7. The highest BCUT2D eigenvalue weighted by Gasteiger charge is 2.44. The minimum Gasteiger partial charge on any atom is -0.377 e. The molecule has 0 bridgehead atoms. The van der Waals surface area contributed by atoms with Gasteiger partial charge in [0.25, 0.3) is 0 Å². The van der Waals surface area contributed by atoms with E-state index in [0.29, 0.717) is 17.0 Å². The molecular weight excluding hydrogens is 255 g/mol. The van der Waals surface area contributed by atoms with E-state index in [1.54, 1.807) is 19.2 Å². The van der Waals surface area contributed by atoms with Gasteiger partial charge >= 0.3 is 0 Å². The SMILES string of the molecule is COC1(C(Cc2cc(Cl)ccc2F)NN)CCC1. The summed E-state index contributed by atoms with van der Waals surface area (Å²) >= 11 is 5.89. The van der Waals surface area contributed by atoms with Gasteiger partial charge in [-0.3, -0.25) is 11.3 Å². The molecule has 0 aliphatic heterocycles. The van der Waals surface area contributed by atoms with Crippen LogP contribution in [0.25, 0.3) is 0 Å². The predicted molar refractivity (Wildman–Crippen MR) is 69.8 cm³/mol. The smallest absolute Gasteiger partial charge is 0.126 e. The lowest BCUT2D eigenvalue weighted by Gasteiger charge is -2.46. The van der Waals surface area contributed by atoms with Crippen molar-refractivity contribution in [3.05, 3.63) is 34.6 Å². The third kappa shape index (κ3) is 2.52. The second-order valence-electron chi connectivity index (χ2n) is 4.78. The van der Waals surface area contributed by atoms with E-state index < -0.39 is 0 Å². The van der Waals surface area contributed by atoms with Gasteiger partial charge in [0.1, 0.15) is 5.82 Å². The van der Waals surface area contributed by atoms with Crippen molar-refractivity contribution < 1.29 is 9.13 Å². The Labute approximate surface area is 111 Å². The van der Waals surface area contributed by atoms with Gasteiger partial charge in [0.15, 0.2) is 0 Å². The van der Waals surface area contributed by atoms with E-state index in [0.717, 1.165) is 19.3 Å². The molecule has 0 amide bonds. The molecule has 100 valence electrons. The standard InChI is InChI=1S/C13H18ClFN2O/c1-18-13(5-2-6-13)12(17-16)8-9-7-10(14)3-4-11(9)15/h3-4,7,12,17H,2,5-6,8,16H2,1H3. The number of hydrazine groups is 1. The van der Waals surface area contributed by atoms with Crippen LogP contribution in [-0.2, 0) is 11.2 Å². The van der Waals surface area contributed by atoms with Gasteiger partial charge in [0, 0.05) is 12.1 Å². The third-order valence-corrected chi connectivity index (χ3v) is 4.11. The first-order valence-electron chi connectivity index (χ1n) is 6.06. The van der Waals surface area contributed by atoms with Gasteiger partial charge in [-0.1, -0.05) is 11.6 Å². The molecule has 1 saturated carbocycles. The van der Waals surface area contributed by atoms with Crippen molar-refractivity contribution in [1.82, 2.24) is 5.43 Å². The minimum absolute atomic E-state index is 0.107. The van der Waals surface area contributed by atoms with Gasteiger partial charge in [0.2, 0.25) is 0 Å². The summed E-state index contributed by atoms with van der Waals surface area (Å²) in [6, 6.07) is 4.46. The number of benzene rings is 1. The van der Waals surface area contributed by atoms with E-state index in [1.807, 2.05) is 0 Å². The molecule has 1 aliphatic rings. The summed E-state index contributed by atoms with van der Waals surface area (Å²) in [6.45, 7) is 0. The molecule has 2 rings (SSSR count). The van der Waals surface area contributed by atoms with Gasteiger partial charge in [-0.2, -0.15) is 0 Å². The van der Waals surface area contributed by atoms with Crippen molar-refractivity contribution >= 4 is 11.6 Å². The maximum absolute atomic E-state index is 13.7. The molecule has 3 N–H and O–H groups in total. The Hall–Kier alpha value is -0.680. The van der Waals surface area contributed by atoms with Crippen LogP contribution in [0.4, 0.5) is 4.39 Å². The van der Waals surface area contributed by atoms with Crippen LogP contribution in [0.2, 0.25) is 5.02 Å². The molecule has 1 aromatic rings. The monoisotopic (exact) mass is 272 g/mol. The molecule has 3 nitrogen and oxygen atoms in total. The van der Waals surface area contributed by atoms with Crippen molar-refractivity contribution in [3.63, 3.8) is 0 Å². The van der Waals surface area contributed by atoms with Crippen LogP contribution < -0.4 is 11.3 Å². The van der Waals surface area contributed by atoms with Crippen molar-refractivity contribution in [1.29, 1.82) is 0 Å². The lowest BCUT2D eigenvalue weighted by Crippen LogP contribution is -2.59. The number of nitrogens with two attached hydrogens (primary N) is 1. The molecule has 0 spiro atoms. The number of hydrogen-bond donors (Lipinski definition) is 2. The fourth-order valence-electron chi connectivity index (χ4n) is 2.54. The van der Waals surface area contributed by atoms with E-state index in [-0.39, 0.29) is 17.5 Å². The highest BCUT2D eigenvalue weighted by molar-refractivity contribution is 6.30. The first-order chi connectivity index (χ1) is 8.61. The molecule has 1 atom stereocenters. The van der Waals surface area contributed by atoms with Crippen LogP contribution in [0.1, 0.15) is 24.8 Å². The van der Waals surface area contributed by atoms with E-state index in [4.69, 9.17) is 22.2 Å². The third-order valence-electron chi connectivity index (χ3n) is 3.87. The predicted octanol–water partition coefficient (Wildman–Crippen LogP) is 2.42. The average molecular weight is 273 g/mol. The average Bonchev–Trinajstić information content (AvgIpc) is 2.31. The Morgan fingerprint density at radius 3 is 2.78 bits per heavy atom. The molecule has 1 aromatic carbocycles. The van der Waals surface area contributed by atoms with Crippen LogP contribution >= 0.6 is 11.6 Å². The largest absolute Gasteiger partial charge is 0.377 e. The molecule has 1 aliphatic carbocycles. The topological polar surface area (TPSA) is 47.3 Å². The molecule has 0 saturated heterocycles. The van der Waals surface area contributed by atoms with Gasteiger partial charge in [0.05, 0.1) is 11.6 Å². The Morgan fingerprint density at radius 2 is 2.28 bits per heavy atom. The van der Waals surface area contributed by atoms with Crippen LogP contribution in [0, 0.1) is 5.82 Å². The summed E-state index contributed by atoms with van der Waals surface area (Å²) in [4.78, 5) is 0. The lowest BCUT2D eigenvalue weighted by atomic mass is 9.73. The number of rotatable bonds is 5. The van der Waals surface area contributed by atoms with Crippen LogP contribution in [0.5, 0.6) is 0 Å². The number of methoxy groups -OCH3 is 1. The first kappa shape index (κ1) is 13.7. The van der Waals surface area contributed by atoms with Gasteiger partial charge in [-0.25, -0.2) is 4.39 Å². The summed E-state index contributed by atoms with van der Waals surface area (Å²) in [6.07, 6.45) is 3.47. The molecule has 0 heterocycles. The number of nitrogens with one attached hydrogen (secondary N) is 1. The van der Waals surface area contributed by atoms with E-state index in [9.17, 15) is 4.39 Å². The van der Waals surface area contributed by atoms with Crippen molar-refractivity contribution in [2.75, 3.05) is 7.11 Å². The zero-order valence-electron chi connectivity index (χ0n) is 10.4. The minimum atomic E-state index is -0.274. The van der Waals surface area contributed by atoms with Gasteiger partial charge in [-0.15, -0.1) is 0 Å². The highest BCUT2D eigenvalue weighted by atomic mass is 35.5. The molecule has 18 heavy (non-hydrogen) atoms. The number of ether oxygens (including phenoxy) is 1. The summed E-state index contributed by atoms with van der Waals surface area (Å²) in [5, 5.41) is 0.530. The second kappa shape index (κ2) is 5.53. The molecular formula is C13H18ClFN2O. The van der Waals surface area contributed by atoms with Crippen LogP contribution in [0.3, 0.4) is 0 Å². The molecule has 1 unspecified atom stereocenters. The maximum Gasteiger partial charge on any atom is 0.126 e. The van der Waals surface area contributed by atoms with Crippen LogP contribution in [-0.4, -0.2) is 18.8 Å².